The number of carbonyl (C=O) groups excluding carboxylic acids is 2. The second-order valence-electron chi connectivity index (χ2n) is 9.18. The zero-order chi connectivity index (χ0) is 29.4. The number of likely N-dealkylation sites (N-methyl/N-ethyl adjacent to an activating group) is 1. The van der Waals surface area contributed by atoms with Crippen LogP contribution in [0.25, 0.3) is 0 Å². The van der Waals surface area contributed by atoms with Crippen LogP contribution < -0.4 is 14.4 Å². The molecule has 0 bridgehead atoms. The second-order valence-corrected chi connectivity index (χ2v) is 12.0. The van der Waals surface area contributed by atoms with Crippen molar-refractivity contribution in [2.24, 2.45) is 0 Å². The first-order chi connectivity index (χ1) is 19.7. The fourth-order valence-corrected chi connectivity index (χ4v) is 6.06. The summed E-state index contributed by atoms with van der Waals surface area (Å²) < 4.78 is 35.5. The standard InChI is InChI=1S/C31H30BrN3O5S/c1-23(31(37)33-2)34(21-24-10-9-11-25(32)20-24)30(36)22-35(41(38,39)29-14-7-4-8-15-29)26-16-18-28(19-17-26)40-27-12-5-3-6-13-27/h3-20,23H,21-22H2,1-2H3,(H,33,37). The van der Waals surface area contributed by atoms with Gasteiger partial charge in [0.2, 0.25) is 11.8 Å². The van der Waals surface area contributed by atoms with E-state index < -0.39 is 28.5 Å². The van der Waals surface area contributed by atoms with Crippen molar-refractivity contribution >= 4 is 43.5 Å². The molecule has 0 saturated heterocycles. The molecule has 0 aliphatic carbocycles. The van der Waals surface area contributed by atoms with Crippen LogP contribution in [0, 0.1) is 0 Å². The molecule has 0 fully saturated rings. The van der Waals surface area contributed by atoms with Gasteiger partial charge in [0, 0.05) is 18.1 Å². The highest BCUT2D eigenvalue weighted by atomic mass is 79.9. The van der Waals surface area contributed by atoms with E-state index in [1.165, 1.54) is 24.1 Å². The van der Waals surface area contributed by atoms with E-state index in [1.807, 2.05) is 54.6 Å². The molecule has 2 amide bonds. The first kappa shape index (κ1) is 29.8. The van der Waals surface area contributed by atoms with Crippen LogP contribution in [0.3, 0.4) is 0 Å². The van der Waals surface area contributed by atoms with Crippen LogP contribution in [0.5, 0.6) is 11.5 Å². The Balaban J connectivity index is 1.69. The fraction of sp³-hybridized carbons (Fsp3) is 0.161. The number of hydrogen-bond donors (Lipinski definition) is 1. The van der Waals surface area contributed by atoms with E-state index in [0.717, 1.165) is 14.3 Å². The highest BCUT2D eigenvalue weighted by Crippen LogP contribution is 2.28. The molecule has 8 nitrogen and oxygen atoms in total. The van der Waals surface area contributed by atoms with Gasteiger partial charge in [-0.25, -0.2) is 8.42 Å². The van der Waals surface area contributed by atoms with Gasteiger partial charge in [-0.1, -0.05) is 64.5 Å². The maximum absolute atomic E-state index is 13.9. The van der Waals surface area contributed by atoms with Crippen molar-refractivity contribution in [1.29, 1.82) is 0 Å². The van der Waals surface area contributed by atoms with Crippen LogP contribution in [0.1, 0.15) is 12.5 Å². The average molecular weight is 637 g/mol. The number of rotatable bonds is 11. The van der Waals surface area contributed by atoms with E-state index >= 15 is 0 Å². The van der Waals surface area contributed by atoms with Gasteiger partial charge in [0.25, 0.3) is 10.0 Å². The topological polar surface area (TPSA) is 96.0 Å². The fourth-order valence-electron chi connectivity index (χ4n) is 4.18. The predicted octanol–water partition coefficient (Wildman–Crippen LogP) is 5.60. The molecule has 0 aliphatic heterocycles. The molecule has 41 heavy (non-hydrogen) atoms. The number of halogens is 1. The second kappa shape index (κ2) is 13.5. The van der Waals surface area contributed by atoms with Gasteiger partial charge in [0.15, 0.2) is 0 Å². The summed E-state index contributed by atoms with van der Waals surface area (Å²) in [6, 6.07) is 30.1. The molecule has 4 aromatic rings. The Morgan fingerprint density at radius 3 is 2.07 bits per heavy atom. The number of sulfonamides is 1. The molecule has 0 radical (unpaired) electrons. The van der Waals surface area contributed by atoms with Crippen LogP contribution >= 0.6 is 15.9 Å². The molecule has 0 saturated carbocycles. The Bertz CT molecular complexity index is 1580. The number of nitrogens with zero attached hydrogens (tertiary/aromatic N) is 2. The van der Waals surface area contributed by atoms with E-state index in [4.69, 9.17) is 4.74 Å². The van der Waals surface area contributed by atoms with E-state index in [0.29, 0.717) is 11.5 Å². The van der Waals surface area contributed by atoms with Gasteiger partial charge >= 0.3 is 0 Å². The molecule has 0 heterocycles. The maximum atomic E-state index is 13.9. The zero-order valence-electron chi connectivity index (χ0n) is 22.6. The lowest BCUT2D eigenvalue weighted by atomic mass is 10.1. The minimum Gasteiger partial charge on any atom is -0.457 e. The average Bonchev–Trinajstić information content (AvgIpc) is 2.99. The summed E-state index contributed by atoms with van der Waals surface area (Å²) in [5.74, 6) is 0.238. The van der Waals surface area contributed by atoms with Gasteiger partial charge in [-0.15, -0.1) is 0 Å². The molecule has 1 N–H and O–H groups in total. The van der Waals surface area contributed by atoms with E-state index in [-0.39, 0.29) is 23.0 Å². The summed E-state index contributed by atoms with van der Waals surface area (Å²) in [5, 5.41) is 2.58. The quantitative estimate of drug-likeness (QED) is 0.231. The SMILES string of the molecule is CNC(=O)C(C)N(Cc1cccc(Br)c1)C(=O)CN(c1ccc(Oc2ccccc2)cc1)S(=O)(=O)c1ccccc1. The largest absolute Gasteiger partial charge is 0.457 e. The third kappa shape index (κ3) is 7.53. The van der Waals surface area contributed by atoms with Gasteiger partial charge in [-0.2, -0.15) is 0 Å². The molecule has 212 valence electrons. The number of carbonyl (C=O) groups is 2. The molecule has 0 spiro atoms. The number of benzene rings is 4. The van der Waals surface area contributed by atoms with Crippen LogP contribution in [0.15, 0.2) is 119 Å². The van der Waals surface area contributed by atoms with Crippen molar-refractivity contribution < 1.29 is 22.7 Å². The van der Waals surface area contributed by atoms with Crippen molar-refractivity contribution in [2.75, 3.05) is 17.9 Å². The summed E-state index contributed by atoms with van der Waals surface area (Å²) in [5.41, 5.74) is 1.06. The number of ether oxygens (including phenoxy) is 1. The number of anilines is 1. The molecule has 0 aromatic heterocycles. The number of para-hydroxylation sites is 1. The van der Waals surface area contributed by atoms with Crippen LogP contribution in [0.4, 0.5) is 5.69 Å². The van der Waals surface area contributed by atoms with Crippen molar-refractivity contribution in [3.8, 4) is 11.5 Å². The van der Waals surface area contributed by atoms with Crippen molar-refractivity contribution in [1.82, 2.24) is 10.2 Å². The third-order valence-corrected chi connectivity index (χ3v) is 8.65. The predicted molar refractivity (Wildman–Crippen MR) is 162 cm³/mol. The maximum Gasteiger partial charge on any atom is 0.264 e. The minimum atomic E-state index is -4.15. The van der Waals surface area contributed by atoms with Gasteiger partial charge in [-0.05, 0) is 73.2 Å². The summed E-state index contributed by atoms with van der Waals surface area (Å²) in [6.07, 6.45) is 0. The summed E-state index contributed by atoms with van der Waals surface area (Å²) in [7, 11) is -2.66. The van der Waals surface area contributed by atoms with Crippen molar-refractivity contribution in [3.63, 3.8) is 0 Å². The van der Waals surface area contributed by atoms with Gasteiger partial charge in [-0.3, -0.25) is 13.9 Å². The zero-order valence-corrected chi connectivity index (χ0v) is 25.0. The molecule has 1 atom stereocenters. The lowest BCUT2D eigenvalue weighted by Gasteiger charge is -2.31. The first-order valence-electron chi connectivity index (χ1n) is 12.9. The smallest absolute Gasteiger partial charge is 0.264 e. The molecule has 10 heteroatoms. The number of amides is 2. The molecule has 4 aromatic carbocycles. The highest BCUT2D eigenvalue weighted by Gasteiger charge is 2.32. The molecular weight excluding hydrogens is 606 g/mol. The molecule has 1 unspecified atom stereocenters. The lowest BCUT2D eigenvalue weighted by Crippen LogP contribution is -2.50. The Kier molecular flexibility index (Phi) is 9.80. The third-order valence-electron chi connectivity index (χ3n) is 6.37. The number of nitrogens with one attached hydrogen (secondary N) is 1. The van der Waals surface area contributed by atoms with Gasteiger partial charge in [0.1, 0.15) is 24.1 Å². The Hall–Kier alpha value is -4.15. The Morgan fingerprint density at radius 1 is 0.854 bits per heavy atom. The van der Waals surface area contributed by atoms with Gasteiger partial charge in [0.05, 0.1) is 10.6 Å². The Morgan fingerprint density at radius 2 is 1.46 bits per heavy atom. The summed E-state index contributed by atoms with van der Waals surface area (Å²) >= 11 is 3.44. The normalized spacial score (nSPS) is 11.8. The van der Waals surface area contributed by atoms with Crippen LogP contribution in [0.2, 0.25) is 0 Å². The highest BCUT2D eigenvalue weighted by molar-refractivity contribution is 9.10. The van der Waals surface area contributed by atoms with Gasteiger partial charge < -0.3 is 15.0 Å². The summed E-state index contributed by atoms with van der Waals surface area (Å²) in [4.78, 5) is 27.9. The minimum absolute atomic E-state index is 0.0373. The monoisotopic (exact) mass is 635 g/mol. The molecule has 4 rings (SSSR count). The Labute approximate surface area is 248 Å². The first-order valence-corrected chi connectivity index (χ1v) is 15.1. The van der Waals surface area contributed by atoms with Crippen LogP contribution in [-0.4, -0.2) is 44.8 Å². The molecule has 0 aliphatic rings. The van der Waals surface area contributed by atoms with Crippen LogP contribution in [-0.2, 0) is 26.2 Å². The van der Waals surface area contributed by atoms with Crippen molar-refractivity contribution in [3.05, 3.63) is 119 Å². The van der Waals surface area contributed by atoms with Crippen molar-refractivity contribution in [2.45, 2.75) is 24.4 Å². The van der Waals surface area contributed by atoms with E-state index in [1.54, 1.807) is 49.4 Å². The summed E-state index contributed by atoms with van der Waals surface area (Å²) in [6.45, 7) is 1.20. The van der Waals surface area contributed by atoms with E-state index in [2.05, 4.69) is 21.2 Å². The lowest BCUT2D eigenvalue weighted by molar-refractivity contribution is -0.139. The molecular formula is C31H30BrN3O5S. The number of hydrogen-bond acceptors (Lipinski definition) is 5. The van der Waals surface area contributed by atoms with E-state index in [9.17, 15) is 18.0 Å².